The number of hydrogen-bond acceptors (Lipinski definition) is 3. The van der Waals surface area contributed by atoms with Gasteiger partial charge in [-0.15, -0.1) is 0 Å². The van der Waals surface area contributed by atoms with Gasteiger partial charge in [-0.25, -0.2) is 0 Å². The minimum atomic E-state index is 0.213. The van der Waals surface area contributed by atoms with Crippen molar-refractivity contribution in [3.63, 3.8) is 0 Å². The Kier molecular flexibility index (Phi) is 9.59. The van der Waals surface area contributed by atoms with Crippen molar-refractivity contribution in [2.75, 3.05) is 0 Å². The second-order valence-corrected chi connectivity index (χ2v) is 11.8. The van der Waals surface area contributed by atoms with Crippen molar-refractivity contribution in [2.24, 2.45) is 7.05 Å². The molecule has 4 heteroatoms. The Balaban J connectivity index is 0.000000249. The summed E-state index contributed by atoms with van der Waals surface area (Å²) in [5.74, 6) is 0. The maximum atomic E-state index is 4.44. The van der Waals surface area contributed by atoms with Crippen LogP contribution in [0.5, 0.6) is 0 Å². The van der Waals surface area contributed by atoms with Gasteiger partial charge in [0.15, 0.2) is 0 Å². The summed E-state index contributed by atoms with van der Waals surface area (Å²) in [4.78, 5) is 8.69. The first-order valence-corrected chi connectivity index (χ1v) is 11.8. The van der Waals surface area contributed by atoms with Crippen LogP contribution in [-0.2, 0) is 23.3 Å². The molecule has 0 unspecified atom stereocenters. The van der Waals surface area contributed by atoms with Gasteiger partial charge in [0, 0.05) is 47.6 Å². The largest absolute Gasteiger partial charge is 0.272 e. The topological polar surface area (TPSA) is 43.6 Å². The number of nitrogens with zero attached hydrogens (tertiary/aromatic N) is 4. The van der Waals surface area contributed by atoms with Crippen molar-refractivity contribution in [1.29, 1.82) is 0 Å². The van der Waals surface area contributed by atoms with Gasteiger partial charge in [0.1, 0.15) is 0 Å². The van der Waals surface area contributed by atoms with Crippen LogP contribution in [0.2, 0.25) is 0 Å². The molecule has 4 nitrogen and oxygen atoms in total. The molecule has 3 rings (SSSR count). The van der Waals surface area contributed by atoms with Crippen LogP contribution in [-0.4, -0.2) is 19.7 Å². The van der Waals surface area contributed by atoms with E-state index in [0.717, 1.165) is 17.1 Å². The zero-order chi connectivity index (χ0) is 25.6. The number of aryl methyl sites for hydroxylation is 4. The second kappa shape index (κ2) is 11.1. The molecule has 0 aromatic carbocycles. The summed E-state index contributed by atoms with van der Waals surface area (Å²) in [6.45, 7) is 26.0. The molecule has 0 bridgehead atoms. The average Bonchev–Trinajstić information content (AvgIpc) is 3.07. The minimum Gasteiger partial charge on any atom is -0.272 e. The van der Waals surface area contributed by atoms with Gasteiger partial charge in [0.05, 0.1) is 0 Å². The quantitative estimate of drug-likeness (QED) is 0.358. The number of aromatic nitrogens is 4. The van der Waals surface area contributed by atoms with Gasteiger partial charge in [-0.3, -0.25) is 14.6 Å². The summed E-state index contributed by atoms with van der Waals surface area (Å²) in [5, 5.41) is 4.10. The lowest BCUT2D eigenvalue weighted by molar-refractivity contribution is 0.523. The average molecular weight is 451 g/mol. The van der Waals surface area contributed by atoms with E-state index in [0.29, 0.717) is 0 Å². The standard InChI is InChI=1S/C11H17N.C10H15N.C8H14N2/c1-8-6-7-10(9(2)12-8)11(3,4)5;1-8-9(10(2,3)4)6-5-7-11-8;1-8(2,3)7-5-6-9-10(7)4/h6-7H,1-5H3;5-7H,1-4H3;5-6H,1-4H3. The van der Waals surface area contributed by atoms with E-state index in [2.05, 4.69) is 115 Å². The Hall–Kier alpha value is -2.49. The molecule has 0 aliphatic carbocycles. The Labute approximate surface area is 202 Å². The highest BCUT2D eigenvalue weighted by Crippen LogP contribution is 2.24. The van der Waals surface area contributed by atoms with Gasteiger partial charge in [0.2, 0.25) is 0 Å². The molecule has 0 aliphatic heterocycles. The fraction of sp³-hybridized carbons (Fsp3) is 0.552. The summed E-state index contributed by atoms with van der Waals surface area (Å²) >= 11 is 0. The highest BCUT2D eigenvalue weighted by Gasteiger charge is 2.17. The van der Waals surface area contributed by atoms with Gasteiger partial charge in [-0.05, 0) is 60.9 Å². The first-order valence-electron chi connectivity index (χ1n) is 11.8. The Morgan fingerprint density at radius 3 is 1.52 bits per heavy atom. The third-order valence-electron chi connectivity index (χ3n) is 5.44. The number of rotatable bonds is 0. The van der Waals surface area contributed by atoms with E-state index in [-0.39, 0.29) is 16.2 Å². The molecule has 0 amide bonds. The van der Waals surface area contributed by atoms with Crippen LogP contribution in [0.4, 0.5) is 0 Å². The molecule has 33 heavy (non-hydrogen) atoms. The van der Waals surface area contributed by atoms with Gasteiger partial charge < -0.3 is 0 Å². The number of hydrogen-bond donors (Lipinski definition) is 0. The van der Waals surface area contributed by atoms with E-state index < -0.39 is 0 Å². The molecule has 0 saturated carbocycles. The van der Waals surface area contributed by atoms with E-state index in [1.165, 1.54) is 16.8 Å². The highest BCUT2D eigenvalue weighted by molar-refractivity contribution is 5.28. The molecule has 182 valence electrons. The lowest BCUT2D eigenvalue weighted by Crippen LogP contribution is -2.16. The zero-order valence-corrected chi connectivity index (χ0v) is 23.3. The first kappa shape index (κ1) is 28.5. The normalized spacial score (nSPS) is 11.8. The SMILES string of the molecule is Cc1ccc(C(C)(C)C)c(C)n1.Cc1ncccc1C(C)(C)C.Cn1nccc1C(C)(C)C. The summed E-state index contributed by atoms with van der Waals surface area (Å²) in [6.07, 6.45) is 3.67. The molecule has 0 fully saturated rings. The molecule has 3 aromatic rings. The fourth-order valence-corrected chi connectivity index (χ4v) is 3.87. The van der Waals surface area contributed by atoms with E-state index in [1.54, 1.807) is 0 Å². The predicted octanol–water partition coefficient (Wildman–Crippen LogP) is 7.40. The summed E-state index contributed by atoms with van der Waals surface area (Å²) in [6, 6.07) is 10.4. The van der Waals surface area contributed by atoms with Gasteiger partial charge in [-0.1, -0.05) is 74.4 Å². The van der Waals surface area contributed by atoms with E-state index >= 15 is 0 Å². The van der Waals surface area contributed by atoms with Crippen LogP contribution < -0.4 is 0 Å². The Morgan fingerprint density at radius 1 is 0.636 bits per heavy atom. The molecule has 0 N–H and O–H groups in total. The third-order valence-corrected chi connectivity index (χ3v) is 5.44. The van der Waals surface area contributed by atoms with Crippen LogP contribution in [0.3, 0.4) is 0 Å². The predicted molar refractivity (Wildman–Crippen MR) is 142 cm³/mol. The highest BCUT2D eigenvalue weighted by atomic mass is 15.3. The van der Waals surface area contributed by atoms with Crippen molar-refractivity contribution in [1.82, 2.24) is 19.7 Å². The smallest absolute Gasteiger partial charge is 0.0492 e. The van der Waals surface area contributed by atoms with Gasteiger partial charge in [0.25, 0.3) is 0 Å². The van der Waals surface area contributed by atoms with Gasteiger partial charge >= 0.3 is 0 Å². The van der Waals surface area contributed by atoms with Crippen molar-refractivity contribution in [3.8, 4) is 0 Å². The molecule has 0 spiro atoms. The van der Waals surface area contributed by atoms with Crippen molar-refractivity contribution < 1.29 is 0 Å². The maximum absolute atomic E-state index is 4.44. The van der Waals surface area contributed by atoms with Crippen LogP contribution in [0.15, 0.2) is 42.7 Å². The van der Waals surface area contributed by atoms with Crippen LogP contribution >= 0.6 is 0 Å². The van der Waals surface area contributed by atoms with E-state index in [1.807, 2.05) is 37.1 Å². The van der Waals surface area contributed by atoms with Crippen molar-refractivity contribution in [3.05, 3.63) is 76.6 Å². The Morgan fingerprint density at radius 2 is 1.18 bits per heavy atom. The molecule has 0 aliphatic rings. The first-order chi connectivity index (χ1) is 14.9. The molecular weight excluding hydrogens is 404 g/mol. The molecule has 0 saturated heterocycles. The monoisotopic (exact) mass is 450 g/mol. The number of pyridine rings is 2. The maximum Gasteiger partial charge on any atom is 0.0492 e. The zero-order valence-electron chi connectivity index (χ0n) is 23.3. The third kappa shape index (κ3) is 9.11. The van der Waals surface area contributed by atoms with E-state index in [9.17, 15) is 0 Å². The van der Waals surface area contributed by atoms with Crippen molar-refractivity contribution in [2.45, 2.75) is 99.3 Å². The molecule has 3 heterocycles. The van der Waals surface area contributed by atoms with Gasteiger partial charge in [-0.2, -0.15) is 5.10 Å². The molecular formula is C29H46N4. The fourth-order valence-electron chi connectivity index (χ4n) is 3.87. The summed E-state index contributed by atoms with van der Waals surface area (Å²) in [7, 11) is 1.97. The summed E-state index contributed by atoms with van der Waals surface area (Å²) < 4.78 is 1.92. The second-order valence-electron chi connectivity index (χ2n) is 11.8. The lowest BCUT2D eigenvalue weighted by atomic mass is 9.86. The summed E-state index contributed by atoms with van der Waals surface area (Å²) in [5.41, 5.74) is 7.98. The molecule has 3 aromatic heterocycles. The van der Waals surface area contributed by atoms with E-state index in [4.69, 9.17) is 0 Å². The van der Waals surface area contributed by atoms with Crippen LogP contribution in [0.25, 0.3) is 0 Å². The lowest BCUT2D eigenvalue weighted by Gasteiger charge is -2.20. The van der Waals surface area contributed by atoms with Crippen LogP contribution in [0.1, 0.15) is 96.2 Å². The Bertz CT molecular complexity index is 1010. The van der Waals surface area contributed by atoms with Crippen LogP contribution in [0, 0.1) is 20.8 Å². The van der Waals surface area contributed by atoms with Crippen molar-refractivity contribution >= 4 is 0 Å². The molecule has 0 radical (unpaired) electrons. The minimum absolute atomic E-state index is 0.213. The molecule has 0 atom stereocenters.